The standard InChI is InChI=1S/C32H36N6O3/c1-3-36(24-10-11-29-23(16-24)13-15-37(29)32(41)33-2)27-12-14-34-30(19-27)35-31(40)22-6-4-21(5-7-22)20-38-25-8-9-26(38)18-28(39)17-25/h4-7,10-16,19,25-26,28,39H,3,8-9,17-18,20H2,1-2H3,(H,33,41)(H,34,35,40)/t25-,26?,28?/m1/s1. The summed E-state index contributed by atoms with van der Waals surface area (Å²) in [5.41, 5.74) is 4.47. The van der Waals surface area contributed by atoms with Crippen LogP contribution in [0.25, 0.3) is 10.9 Å². The van der Waals surface area contributed by atoms with Crippen LogP contribution in [0.1, 0.15) is 48.5 Å². The number of rotatable bonds is 7. The van der Waals surface area contributed by atoms with Crippen molar-refractivity contribution in [1.29, 1.82) is 0 Å². The topological polar surface area (TPSA) is 103 Å². The van der Waals surface area contributed by atoms with Crippen molar-refractivity contribution in [3.8, 4) is 0 Å². The number of nitrogens with zero attached hydrogens (tertiary/aromatic N) is 4. The van der Waals surface area contributed by atoms with Crippen LogP contribution in [0.2, 0.25) is 0 Å². The van der Waals surface area contributed by atoms with Crippen LogP contribution in [-0.2, 0) is 6.54 Å². The van der Waals surface area contributed by atoms with Gasteiger partial charge in [0, 0.05) is 73.0 Å². The fraction of sp³-hybridized carbons (Fsp3) is 0.344. The Labute approximate surface area is 239 Å². The first-order valence-electron chi connectivity index (χ1n) is 14.3. The zero-order valence-electron chi connectivity index (χ0n) is 23.5. The summed E-state index contributed by atoms with van der Waals surface area (Å²) in [7, 11) is 1.61. The molecule has 4 heterocycles. The van der Waals surface area contributed by atoms with Gasteiger partial charge >= 0.3 is 6.03 Å². The number of nitrogens with one attached hydrogen (secondary N) is 2. The third kappa shape index (κ3) is 5.42. The number of carbonyl (C=O) groups excluding carboxylic acids is 2. The van der Waals surface area contributed by atoms with Crippen LogP contribution in [0, 0.1) is 0 Å². The lowest BCUT2D eigenvalue weighted by Crippen LogP contribution is -2.44. The molecular formula is C32H36N6O3. The highest BCUT2D eigenvalue weighted by molar-refractivity contribution is 6.04. The van der Waals surface area contributed by atoms with Crippen LogP contribution in [0.15, 0.2) is 73.1 Å². The van der Waals surface area contributed by atoms with Gasteiger partial charge in [-0.2, -0.15) is 0 Å². The molecule has 2 amide bonds. The third-order valence-electron chi connectivity index (χ3n) is 8.47. The van der Waals surface area contributed by atoms with Gasteiger partial charge in [-0.3, -0.25) is 14.3 Å². The molecule has 0 radical (unpaired) electrons. The van der Waals surface area contributed by atoms with Crippen LogP contribution < -0.4 is 15.5 Å². The highest BCUT2D eigenvalue weighted by Crippen LogP contribution is 2.37. The maximum absolute atomic E-state index is 13.1. The highest BCUT2D eigenvalue weighted by atomic mass is 16.3. The smallest absolute Gasteiger partial charge is 0.325 e. The molecule has 2 unspecified atom stereocenters. The van der Waals surface area contributed by atoms with Crippen molar-refractivity contribution in [2.24, 2.45) is 0 Å². The van der Waals surface area contributed by atoms with Crippen LogP contribution >= 0.6 is 0 Å². The van der Waals surface area contributed by atoms with Crippen molar-refractivity contribution in [2.75, 3.05) is 23.8 Å². The Balaban J connectivity index is 1.14. The van der Waals surface area contributed by atoms with Gasteiger partial charge in [0.15, 0.2) is 0 Å². The Hall–Kier alpha value is -4.21. The normalized spacial score (nSPS) is 20.2. The van der Waals surface area contributed by atoms with E-state index >= 15 is 0 Å². The van der Waals surface area contributed by atoms with E-state index in [1.807, 2.05) is 54.6 Å². The molecule has 2 aliphatic heterocycles. The number of carbonyl (C=O) groups is 2. The molecule has 0 saturated carbocycles. The van der Waals surface area contributed by atoms with E-state index in [0.29, 0.717) is 30.0 Å². The fourth-order valence-electron chi connectivity index (χ4n) is 6.43. The molecule has 2 aromatic heterocycles. The van der Waals surface area contributed by atoms with E-state index in [2.05, 4.69) is 38.4 Å². The monoisotopic (exact) mass is 552 g/mol. The van der Waals surface area contributed by atoms with Gasteiger partial charge in [-0.1, -0.05) is 12.1 Å². The van der Waals surface area contributed by atoms with Gasteiger partial charge in [0.25, 0.3) is 5.91 Å². The number of hydrogen-bond donors (Lipinski definition) is 3. The van der Waals surface area contributed by atoms with E-state index in [0.717, 1.165) is 54.5 Å². The number of hydrogen-bond acceptors (Lipinski definition) is 6. The molecule has 212 valence electrons. The summed E-state index contributed by atoms with van der Waals surface area (Å²) in [5, 5.41) is 16.6. The molecule has 0 spiro atoms. The highest BCUT2D eigenvalue weighted by Gasteiger charge is 2.39. The molecule has 41 heavy (non-hydrogen) atoms. The van der Waals surface area contributed by atoms with Crippen molar-refractivity contribution < 1.29 is 14.7 Å². The average molecular weight is 553 g/mol. The Bertz CT molecular complexity index is 1550. The Morgan fingerprint density at radius 2 is 1.73 bits per heavy atom. The number of aliphatic hydroxyl groups is 1. The van der Waals surface area contributed by atoms with Gasteiger partial charge in [-0.05, 0) is 80.6 Å². The van der Waals surface area contributed by atoms with E-state index in [1.165, 1.54) is 5.56 Å². The summed E-state index contributed by atoms with van der Waals surface area (Å²) in [6.07, 6.45) is 7.32. The number of pyridine rings is 1. The minimum Gasteiger partial charge on any atom is -0.393 e. The summed E-state index contributed by atoms with van der Waals surface area (Å²) in [5.74, 6) is 0.271. The molecule has 3 N–H and O–H groups in total. The van der Waals surface area contributed by atoms with Crippen molar-refractivity contribution >= 4 is 40.0 Å². The number of piperidine rings is 1. The molecule has 2 aromatic carbocycles. The summed E-state index contributed by atoms with van der Waals surface area (Å²) < 4.78 is 1.59. The van der Waals surface area contributed by atoms with E-state index in [1.54, 1.807) is 24.0 Å². The minimum atomic E-state index is -0.206. The number of benzene rings is 2. The molecule has 2 aliphatic rings. The third-order valence-corrected chi connectivity index (χ3v) is 8.47. The van der Waals surface area contributed by atoms with Crippen LogP contribution in [0.4, 0.5) is 22.0 Å². The number of fused-ring (bicyclic) bond motifs is 3. The first-order chi connectivity index (χ1) is 19.9. The first-order valence-corrected chi connectivity index (χ1v) is 14.3. The van der Waals surface area contributed by atoms with Crippen molar-refractivity contribution in [1.82, 2.24) is 19.8 Å². The number of aliphatic hydroxyl groups excluding tert-OH is 1. The van der Waals surface area contributed by atoms with Crippen molar-refractivity contribution in [3.63, 3.8) is 0 Å². The molecule has 2 saturated heterocycles. The second-order valence-electron chi connectivity index (χ2n) is 11.0. The SMILES string of the molecule is CCN(c1ccnc(NC(=O)c2ccc(CN3C4CC[C@@H]3CC(O)C4)cc2)c1)c1ccc2c(ccn2C(=O)NC)c1. The molecule has 2 fully saturated rings. The van der Waals surface area contributed by atoms with E-state index < -0.39 is 0 Å². The lowest BCUT2D eigenvalue weighted by Gasteiger charge is -2.37. The Morgan fingerprint density at radius 3 is 2.44 bits per heavy atom. The quantitative estimate of drug-likeness (QED) is 0.294. The molecule has 0 aliphatic carbocycles. The van der Waals surface area contributed by atoms with Gasteiger partial charge in [0.1, 0.15) is 5.82 Å². The van der Waals surface area contributed by atoms with E-state index in [9.17, 15) is 14.7 Å². The first kappa shape index (κ1) is 27.0. The van der Waals surface area contributed by atoms with Gasteiger partial charge < -0.3 is 20.6 Å². The number of amides is 2. The maximum Gasteiger partial charge on any atom is 0.325 e. The minimum absolute atomic E-state index is 0.168. The summed E-state index contributed by atoms with van der Waals surface area (Å²) >= 11 is 0. The number of aromatic nitrogens is 2. The molecule has 6 rings (SSSR count). The van der Waals surface area contributed by atoms with Gasteiger partial charge in [-0.15, -0.1) is 0 Å². The van der Waals surface area contributed by atoms with Gasteiger partial charge in [-0.25, -0.2) is 9.78 Å². The molecule has 9 heteroatoms. The molecule has 9 nitrogen and oxygen atoms in total. The lowest BCUT2D eigenvalue weighted by molar-refractivity contribution is 0.0310. The molecular weight excluding hydrogens is 516 g/mol. The van der Waals surface area contributed by atoms with E-state index in [4.69, 9.17) is 0 Å². The lowest BCUT2D eigenvalue weighted by atomic mass is 9.99. The average Bonchev–Trinajstić information content (AvgIpc) is 3.50. The predicted molar refractivity (Wildman–Crippen MR) is 161 cm³/mol. The summed E-state index contributed by atoms with van der Waals surface area (Å²) in [6, 6.07) is 20.2. The van der Waals surface area contributed by atoms with Crippen LogP contribution in [0.3, 0.4) is 0 Å². The fourth-order valence-corrected chi connectivity index (χ4v) is 6.43. The van der Waals surface area contributed by atoms with Crippen molar-refractivity contribution in [3.05, 3.63) is 84.2 Å². The predicted octanol–water partition coefficient (Wildman–Crippen LogP) is 5.12. The summed E-state index contributed by atoms with van der Waals surface area (Å²) in [4.78, 5) is 34.3. The van der Waals surface area contributed by atoms with Crippen molar-refractivity contribution in [2.45, 2.75) is 57.3 Å². The van der Waals surface area contributed by atoms with Crippen LogP contribution in [0.5, 0.6) is 0 Å². The molecule has 3 atom stereocenters. The second-order valence-corrected chi connectivity index (χ2v) is 11.0. The number of anilines is 3. The maximum atomic E-state index is 13.1. The molecule has 4 aromatic rings. The molecule has 2 bridgehead atoms. The Morgan fingerprint density at radius 1 is 1.00 bits per heavy atom. The zero-order chi connectivity index (χ0) is 28.5. The van der Waals surface area contributed by atoms with Gasteiger partial charge in [0.05, 0.1) is 11.6 Å². The summed E-state index contributed by atoms with van der Waals surface area (Å²) in [6.45, 7) is 3.62. The van der Waals surface area contributed by atoms with E-state index in [-0.39, 0.29) is 18.0 Å². The largest absolute Gasteiger partial charge is 0.393 e. The Kier molecular flexibility index (Phi) is 7.47. The van der Waals surface area contributed by atoms with Gasteiger partial charge in [0.2, 0.25) is 0 Å². The second kappa shape index (κ2) is 11.3. The zero-order valence-corrected chi connectivity index (χ0v) is 23.5. The van der Waals surface area contributed by atoms with Crippen LogP contribution in [-0.4, -0.2) is 63.3 Å².